The minimum atomic E-state index is 0.534. The second kappa shape index (κ2) is 7.38. The fourth-order valence-electron chi connectivity index (χ4n) is 3.03. The van der Waals surface area contributed by atoms with Gasteiger partial charge >= 0.3 is 0 Å². The van der Waals surface area contributed by atoms with E-state index in [0.29, 0.717) is 6.04 Å². The summed E-state index contributed by atoms with van der Waals surface area (Å²) in [6, 6.07) is 11.5. The van der Waals surface area contributed by atoms with Gasteiger partial charge in [-0.3, -0.25) is 0 Å². The van der Waals surface area contributed by atoms with Gasteiger partial charge in [-0.15, -0.1) is 6.58 Å². The van der Waals surface area contributed by atoms with Crippen LogP contribution in [0.15, 0.2) is 43.0 Å². The minimum Gasteiger partial charge on any atom is -0.309 e. The van der Waals surface area contributed by atoms with Crippen molar-refractivity contribution in [3.05, 3.63) is 48.6 Å². The Labute approximate surface area is 111 Å². The first-order valence-electron chi connectivity index (χ1n) is 7.31. The molecule has 1 N–H and O–H groups in total. The molecule has 1 aliphatic rings. The van der Waals surface area contributed by atoms with Crippen molar-refractivity contribution in [2.24, 2.45) is 5.92 Å². The highest BCUT2D eigenvalue weighted by atomic mass is 14.9. The number of benzene rings is 1. The lowest BCUT2D eigenvalue weighted by Gasteiger charge is -2.31. The van der Waals surface area contributed by atoms with E-state index in [1.54, 1.807) is 0 Å². The van der Waals surface area contributed by atoms with Crippen molar-refractivity contribution in [1.29, 1.82) is 0 Å². The van der Waals surface area contributed by atoms with Crippen molar-refractivity contribution in [3.63, 3.8) is 0 Å². The second-order valence-corrected chi connectivity index (χ2v) is 5.32. The van der Waals surface area contributed by atoms with Crippen molar-refractivity contribution in [2.75, 3.05) is 6.54 Å². The third kappa shape index (κ3) is 3.71. The first-order chi connectivity index (χ1) is 8.92. The average molecular weight is 243 g/mol. The molecular formula is C17H25N. The van der Waals surface area contributed by atoms with Crippen LogP contribution in [0.25, 0.3) is 0 Å². The number of nitrogens with one attached hydrogen (secondary N) is 1. The highest BCUT2D eigenvalue weighted by Gasteiger charge is 2.24. The third-order valence-electron chi connectivity index (χ3n) is 3.99. The lowest BCUT2D eigenvalue weighted by molar-refractivity contribution is 0.273. The van der Waals surface area contributed by atoms with Crippen LogP contribution in [0.3, 0.4) is 0 Å². The van der Waals surface area contributed by atoms with Crippen LogP contribution in [-0.2, 0) is 0 Å². The molecule has 0 aromatic heterocycles. The molecule has 0 amide bonds. The maximum absolute atomic E-state index is 3.80. The molecule has 0 radical (unpaired) electrons. The molecule has 0 saturated heterocycles. The monoisotopic (exact) mass is 243 g/mol. The summed E-state index contributed by atoms with van der Waals surface area (Å²) in [4.78, 5) is 0. The topological polar surface area (TPSA) is 12.0 Å². The van der Waals surface area contributed by atoms with Gasteiger partial charge in [-0.1, -0.05) is 55.7 Å². The predicted molar refractivity (Wildman–Crippen MR) is 78.6 cm³/mol. The molecule has 98 valence electrons. The van der Waals surface area contributed by atoms with Gasteiger partial charge in [0.1, 0.15) is 0 Å². The van der Waals surface area contributed by atoms with E-state index in [4.69, 9.17) is 0 Å². The highest BCUT2D eigenvalue weighted by molar-refractivity contribution is 5.20. The van der Waals surface area contributed by atoms with E-state index in [-0.39, 0.29) is 0 Å². The first kappa shape index (κ1) is 13.4. The normalized spacial score (nSPS) is 18.4. The zero-order chi connectivity index (χ0) is 12.6. The number of rotatable bonds is 6. The Morgan fingerprint density at radius 1 is 1.17 bits per heavy atom. The Kier molecular flexibility index (Phi) is 5.47. The van der Waals surface area contributed by atoms with E-state index >= 15 is 0 Å². The summed E-state index contributed by atoms with van der Waals surface area (Å²) in [7, 11) is 0. The van der Waals surface area contributed by atoms with Gasteiger partial charge in [0.05, 0.1) is 0 Å². The van der Waals surface area contributed by atoms with Gasteiger partial charge in [0, 0.05) is 6.04 Å². The Bertz CT molecular complexity index is 338. The molecule has 1 heteroatoms. The standard InChI is InChI=1S/C17H25N/c1-2-3-14-18-17(15-10-6-4-7-11-15)16-12-8-5-9-13-16/h2,4,6-7,10-11,16-18H,1,3,5,8-9,12-14H2. The molecule has 1 aromatic rings. The van der Waals surface area contributed by atoms with Crippen LogP contribution in [0.5, 0.6) is 0 Å². The average Bonchev–Trinajstić information content (AvgIpc) is 2.46. The number of hydrogen-bond donors (Lipinski definition) is 1. The van der Waals surface area contributed by atoms with Crippen LogP contribution in [0.1, 0.15) is 50.1 Å². The maximum atomic E-state index is 3.80. The zero-order valence-electron chi connectivity index (χ0n) is 11.3. The molecule has 0 aliphatic heterocycles. The van der Waals surface area contributed by atoms with Gasteiger partial charge in [-0.2, -0.15) is 0 Å². The smallest absolute Gasteiger partial charge is 0.0348 e. The van der Waals surface area contributed by atoms with E-state index in [1.807, 2.05) is 6.08 Å². The number of hydrogen-bond acceptors (Lipinski definition) is 1. The molecule has 18 heavy (non-hydrogen) atoms. The molecule has 1 unspecified atom stereocenters. The molecule has 0 bridgehead atoms. The Morgan fingerprint density at radius 3 is 2.56 bits per heavy atom. The fraction of sp³-hybridized carbons (Fsp3) is 0.529. The zero-order valence-corrected chi connectivity index (χ0v) is 11.3. The maximum Gasteiger partial charge on any atom is 0.0348 e. The van der Waals surface area contributed by atoms with Crippen LogP contribution < -0.4 is 5.32 Å². The summed E-state index contributed by atoms with van der Waals surface area (Å²) in [5.74, 6) is 0.811. The van der Waals surface area contributed by atoms with Crippen molar-refractivity contribution < 1.29 is 0 Å². The Morgan fingerprint density at radius 2 is 1.89 bits per heavy atom. The molecule has 2 rings (SSSR count). The van der Waals surface area contributed by atoms with Crippen LogP contribution in [0, 0.1) is 5.92 Å². The first-order valence-corrected chi connectivity index (χ1v) is 7.31. The minimum absolute atomic E-state index is 0.534. The molecule has 0 heterocycles. The summed E-state index contributed by atoms with van der Waals surface area (Å²) < 4.78 is 0. The van der Waals surface area contributed by atoms with Crippen molar-refractivity contribution in [1.82, 2.24) is 5.32 Å². The van der Waals surface area contributed by atoms with Crippen LogP contribution in [-0.4, -0.2) is 6.54 Å². The second-order valence-electron chi connectivity index (χ2n) is 5.32. The highest BCUT2D eigenvalue weighted by Crippen LogP contribution is 2.34. The Balaban J connectivity index is 2.04. The van der Waals surface area contributed by atoms with E-state index in [1.165, 1.54) is 37.7 Å². The molecule has 1 aromatic carbocycles. The third-order valence-corrected chi connectivity index (χ3v) is 3.99. The van der Waals surface area contributed by atoms with E-state index < -0.39 is 0 Å². The van der Waals surface area contributed by atoms with Gasteiger partial charge < -0.3 is 5.32 Å². The molecule has 0 spiro atoms. The van der Waals surface area contributed by atoms with Crippen LogP contribution >= 0.6 is 0 Å². The van der Waals surface area contributed by atoms with Crippen LogP contribution in [0.2, 0.25) is 0 Å². The summed E-state index contributed by atoms with van der Waals surface area (Å²) in [5, 5.41) is 3.74. The Hall–Kier alpha value is -1.08. The SMILES string of the molecule is C=CCCNC(c1ccccc1)C1CCCCC1. The van der Waals surface area contributed by atoms with Crippen molar-refractivity contribution >= 4 is 0 Å². The van der Waals surface area contributed by atoms with Gasteiger partial charge in [0.15, 0.2) is 0 Å². The summed E-state index contributed by atoms with van der Waals surface area (Å²) in [6.45, 7) is 4.84. The van der Waals surface area contributed by atoms with Gasteiger partial charge in [0.25, 0.3) is 0 Å². The largest absolute Gasteiger partial charge is 0.309 e. The quantitative estimate of drug-likeness (QED) is 0.574. The van der Waals surface area contributed by atoms with Gasteiger partial charge in [-0.05, 0) is 37.3 Å². The lowest BCUT2D eigenvalue weighted by Crippen LogP contribution is -2.30. The molecular weight excluding hydrogens is 218 g/mol. The summed E-state index contributed by atoms with van der Waals surface area (Å²) >= 11 is 0. The van der Waals surface area contributed by atoms with E-state index in [2.05, 4.69) is 42.2 Å². The van der Waals surface area contributed by atoms with Gasteiger partial charge in [-0.25, -0.2) is 0 Å². The molecule has 1 atom stereocenters. The van der Waals surface area contributed by atoms with E-state index in [0.717, 1.165) is 18.9 Å². The van der Waals surface area contributed by atoms with Gasteiger partial charge in [0.2, 0.25) is 0 Å². The predicted octanol–water partition coefficient (Wildman–Crippen LogP) is 4.47. The molecule has 1 aliphatic carbocycles. The molecule has 1 nitrogen and oxygen atoms in total. The lowest BCUT2D eigenvalue weighted by atomic mass is 9.81. The molecule has 1 saturated carbocycles. The van der Waals surface area contributed by atoms with Crippen molar-refractivity contribution in [2.45, 2.75) is 44.6 Å². The van der Waals surface area contributed by atoms with Crippen molar-refractivity contribution in [3.8, 4) is 0 Å². The summed E-state index contributed by atoms with van der Waals surface area (Å²) in [5.41, 5.74) is 1.45. The molecule has 1 fully saturated rings. The fourth-order valence-corrected chi connectivity index (χ4v) is 3.03. The summed E-state index contributed by atoms with van der Waals surface area (Å²) in [6.07, 6.45) is 10.0. The van der Waals surface area contributed by atoms with Crippen LogP contribution in [0.4, 0.5) is 0 Å². The van der Waals surface area contributed by atoms with E-state index in [9.17, 15) is 0 Å².